The number of rotatable bonds is 2. The van der Waals surface area contributed by atoms with Gasteiger partial charge in [-0.25, -0.2) is 9.78 Å². The van der Waals surface area contributed by atoms with Gasteiger partial charge in [-0.05, 0) is 51.5 Å². The summed E-state index contributed by atoms with van der Waals surface area (Å²) in [5.74, 6) is 0. The molecule has 7 heteroatoms. The van der Waals surface area contributed by atoms with Gasteiger partial charge >= 0.3 is 6.03 Å². The molecule has 1 aromatic carbocycles. The van der Waals surface area contributed by atoms with Gasteiger partial charge < -0.3 is 10.2 Å². The first-order chi connectivity index (χ1) is 12.0. The Morgan fingerprint density at radius 1 is 1.28 bits per heavy atom. The van der Waals surface area contributed by atoms with Crippen molar-refractivity contribution in [3.05, 3.63) is 40.7 Å². The second-order valence-electron chi connectivity index (χ2n) is 6.61. The standard InChI is InChI=1S/C18H21N5OS/c1-11-8-12(2)23(21-11)15-6-7-22(10-15)18(24)20-14-4-5-16-17(9-14)25-13(3)19-16/h4-5,8-9,15H,6-7,10H2,1-3H3,(H,20,24). The minimum Gasteiger partial charge on any atom is -0.322 e. The highest BCUT2D eigenvalue weighted by molar-refractivity contribution is 7.18. The van der Waals surface area contributed by atoms with Crippen LogP contribution in [0.4, 0.5) is 10.5 Å². The number of carbonyl (C=O) groups excluding carboxylic acids is 1. The number of aromatic nitrogens is 3. The molecule has 2 amide bonds. The van der Waals surface area contributed by atoms with E-state index in [1.54, 1.807) is 11.3 Å². The van der Waals surface area contributed by atoms with Crippen LogP contribution in [0.25, 0.3) is 10.2 Å². The molecule has 1 unspecified atom stereocenters. The van der Waals surface area contributed by atoms with E-state index in [-0.39, 0.29) is 12.1 Å². The van der Waals surface area contributed by atoms with E-state index in [0.29, 0.717) is 6.54 Å². The molecule has 130 valence electrons. The van der Waals surface area contributed by atoms with E-state index in [1.165, 1.54) is 0 Å². The zero-order valence-electron chi connectivity index (χ0n) is 14.6. The average molecular weight is 355 g/mol. The van der Waals surface area contributed by atoms with Crippen LogP contribution in [0.2, 0.25) is 0 Å². The first kappa shape index (κ1) is 16.1. The molecule has 1 atom stereocenters. The van der Waals surface area contributed by atoms with Crippen LogP contribution in [0.5, 0.6) is 0 Å². The van der Waals surface area contributed by atoms with Crippen molar-refractivity contribution in [2.75, 3.05) is 18.4 Å². The van der Waals surface area contributed by atoms with Crippen molar-refractivity contribution in [1.82, 2.24) is 19.7 Å². The summed E-state index contributed by atoms with van der Waals surface area (Å²) in [5, 5.41) is 8.61. The number of thiazole rings is 1. The molecule has 0 saturated carbocycles. The smallest absolute Gasteiger partial charge is 0.321 e. The highest BCUT2D eigenvalue weighted by atomic mass is 32.1. The van der Waals surface area contributed by atoms with Crippen LogP contribution >= 0.6 is 11.3 Å². The summed E-state index contributed by atoms with van der Waals surface area (Å²) in [6.07, 6.45) is 0.933. The lowest BCUT2D eigenvalue weighted by molar-refractivity contribution is 0.220. The second kappa shape index (κ2) is 6.15. The van der Waals surface area contributed by atoms with Crippen LogP contribution in [0.3, 0.4) is 0 Å². The maximum Gasteiger partial charge on any atom is 0.321 e. The number of urea groups is 1. The fourth-order valence-electron chi connectivity index (χ4n) is 3.46. The van der Waals surface area contributed by atoms with E-state index in [1.807, 2.05) is 36.9 Å². The third kappa shape index (κ3) is 3.11. The number of carbonyl (C=O) groups is 1. The predicted molar refractivity (Wildman–Crippen MR) is 100 cm³/mol. The molecule has 6 nitrogen and oxygen atoms in total. The van der Waals surface area contributed by atoms with Gasteiger partial charge in [0.05, 0.1) is 27.0 Å². The molecule has 0 aliphatic carbocycles. The Balaban J connectivity index is 1.45. The molecule has 3 aromatic rings. The third-order valence-corrected chi connectivity index (χ3v) is 5.52. The number of aryl methyl sites for hydroxylation is 3. The van der Waals surface area contributed by atoms with E-state index in [2.05, 4.69) is 33.1 Å². The van der Waals surface area contributed by atoms with Gasteiger partial charge in [-0.2, -0.15) is 5.10 Å². The summed E-state index contributed by atoms with van der Waals surface area (Å²) in [5.41, 5.74) is 3.96. The molecule has 1 fully saturated rings. The molecule has 3 heterocycles. The molecular formula is C18H21N5OS. The number of likely N-dealkylation sites (tertiary alicyclic amines) is 1. The minimum absolute atomic E-state index is 0.0513. The maximum absolute atomic E-state index is 12.6. The average Bonchev–Trinajstić information content (AvgIpc) is 3.24. The number of nitrogens with zero attached hydrogens (tertiary/aromatic N) is 4. The van der Waals surface area contributed by atoms with Gasteiger partial charge in [0.1, 0.15) is 0 Å². The summed E-state index contributed by atoms with van der Waals surface area (Å²) in [6, 6.07) is 8.14. The van der Waals surface area contributed by atoms with Gasteiger partial charge in [0, 0.05) is 24.5 Å². The second-order valence-corrected chi connectivity index (χ2v) is 7.84. The number of anilines is 1. The molecular weight excluding hydrogens is 334 g/mol. The summed E-state index contributed by atoms with van der Waals surface area (Å²) < 4.78 is 3.15. The van der Waals surface area contributed by atoms with Gasteiger partial charge in [-0.1, -0.05) is 0 Å². The number of nitrogens with one attached hydrogen (secondary N) is 1. The Bertz CT molecular complexity index is 944. The molecule has 1 aliphatic rings. The van der Waals surface area contributed by atoms with Crippen LogP contribution in [-0.2, 0) is 0 Å². The Labute approximate surface area is 150 Å². The van der Waals surface area contributed by atoms with Gasteiger partial charge in [0.2, 0.25) is 0 Å². The number of fused-ring (bicyclic) bond motifs is 1. The van der Waals surface area contributed by atoms with E-state index in [4.69, 9.17) is 0 Å². The summed E-state index contributed by atoms with van der Waals surface area (Å²) in [6.45, 7) is 7.49. The molecule has 1 N–H and O–H groups in total. The van der Waals surface area contributed by atoms with E-state index in [0.717, 1.165) is 45.3 Å². The zero-order chi connectivity index (χ0) is 17.6. The largest absolute Gasteiger partial charge is 0.322 e. The van der Waals surface area contributed by atoms with E-state index in [9.17, 15) is 4.79 Å². The highest BCUT2D eigenvalue weighted by Gasteiger charge is 2.28. The summed E-state index contributed by atoms with van der Waals surface area (Å²) >= 11 is 1.64. The van der Waals surface area contributed by atoms with Crippen molar-refractivity contribution >= 4 is 33.3 Å². The lowest BCUT2D eigenvalue weighted by Gasteiger charge is -2.18. The fourth-order valence-corrected chi connectivity index (χ4v) is 4.33. The molecule has 2 aromatic heterocycles. The maximum atomic E-state index is 12.6. The van der Waals surface area contributed by atoms with Crippen LogP contribution < -0.4 is 5.32 Å². The van der Waals surface area contributed by atoms with Crippen LogP contribution in [0.15, 0.2) is 24.3 Å². The lowest BCUT2D eigenvalue weighted by Crippen LogP contribution is -2.33. The minimum atomic E-state index is -0.0513. The Morgan fingerprint density at radius 3 is 2.88 bits per heavy atom. The molecule has 1 saturated heterocycles. The molecule has 25 heavy (non-hydrogen) atoms. The summed E-state index contributed by atoms with van der Waals surface area (Å²) in [7, 11) is 0. The van der Waals surface area contributed by atoms with Crippen molar-refractivity contribution in [2.45, 2.75) is 33.2 Å². The van der Waals surface area contributed by atoms with Gasteiger partial charge in [-0.15, -0.1) is 11.3 Å². The van der Waals surface area contributed by atoms with E-state index >= 15 is 0 Å². The topological polar surface area (TPSA) is 63.1 Å². The van der Waals surface area contributed by atoms with Crippen molar-refractivity contribution in [1.29, 1.82) is 0 Å². The highest BCUT2D eigenvalue weighted by Crippen LogP contribution is 2.26. The number of hydrogen-bond acceptors (Lipinski definition) is 4. The molecule has 0 radical (unpaired) electrons. The number of benzene rings is 1. The Morgan fingerprint density at radius 2 is 2.12 bits per heavy atom. The third-order valence-electron chi connectivity index (χ3n) is 4.59. The van der Waals surface area contributed by atoms with Crippen LogP contribution in [0.1, 0.15) is 28.9 Å². The molecule has 4 rings (SSSR count). The van der Waals surface area contributed by atoms with Gasteiger partial charge in [-0.3, -0.25) is 4.68 Å². The van der Waals surface area contributed by atoms with Gasteiger partial charge in [0.25, 0.3) is 0 Å². The first-order valence-corrected chi connectivity index (χ1v) is 9.27. The van der Waals surface area contributed by atoms with Crippen molar-refractivity contribution in [2.24, 2.45) is 0 Å². The zero-order valence-corrected chi connectivity index (χ0v) is 15.4. The summed E-state index contributed by atoms with van der Waals surface area (Å²) in [4.78, 5) is 18.9. The van der Waals surface area contributed by atoms with Crippen LogP contribution in [-0.4, -0.2) is 38.8 Å². The normalized spacial score (nSPS) is 17.4. The fraction of sp³-hybridized carbons (Fsp3) is 0.389. The van der Waals surface area contributed by atoms with Crippen molar-refractivity contribution in [3.8, 4) is 0 Å². The van der Waals surface area contributed by atoms with Crippen LogP contribution in [0, 0.1) is 20.8 Å². The lowest BCUT2D eigenvalue weighted by atomic mass is 10.2. The SMILES string of the molecule is Cc1cc(C)n(C2CCN(C(=O)Nc3ccc4nc(C)sc4c3)C2)n1. The van der Waals surface area contributed by atoms with Crippen molar-refractivity contribution in [3.63, 3.8) is 0 Å². The first-order valence-electron chi connectivity index (χ1n) is 8.45. The van der Waals surface area contributed by atoms with Crippen molar-refractivity contribution < 1.29 is 4.79 Å². The predicted octanol–water partition coefficient (Wildman–Crippen LogP) is 3.90. The number of hydrogen-bond donors (Lipinski definition) is 1. The quantitative estimate of drug-likeness (QED) is 0.758. The van der Waals surface area contributed by atoms with E-state index < -0.39 is 0 Å². The Kier molecular flexibility index (Phi) is 3.95. The molecule has 1 aliphatic heterocycles. The van der Waals surface area contributed by atoms with Gasteiger partial charge in [0.15, 0.2) is 0 Å². The Hall–Kier alpha value is -2.41. The number of amides is 2. The molecule has 0 bridgehead atoms. The molecule has 0 spiro atoms. The monoisotopic (exact) mass is 355 g/mol.